The Morgan fingerprint density at radius 2 is 1.38 bits per heavy atom. The van der Waals surface area contributed by atoms with Crippen LogP contribution in [0, 0.1) is 0 Å². The first-order valence-electron chi connectivity index (χ1n) is 7.32. The van der Waals surface area contributed by atoms with Crippen LogP contribution in [-0.2, 0) is 0 Å². The van der Waals surface area contributed by atoms with E-state index in [-0.39, 0.29) is 6.17 Å². The number of benzene rings is 2. The molecule has 3 nitrogen and oxygen atoms in total. The van der Waals surface area contributed by atoms with E-state index in [1.54, 1.807) is 0 Å². The van der Waals surface area contributed by atoms with Crippen molar-refractivity contribution in [1.82, 2.24) is 5.32 Å². The smallest absolute Gasteiger partial charge is 0.169 e. The highest BCUT2D eigenvalue weighted by molar-refractivity contribution is 6.09. The quantitative estimate of drug-likeness (QED) is 0.879. The molecule has 2 aromatic rings. The average Bonchev–Trinajstić information content (AvgIpc) is 2.58. The van der Waals surface area contributed by atoms with Crippen molar-refractivity contribution in [3.05, 3.63) is 71.8 Å². The van der Waals surface area contributed by atoms with Crippen molar-refractivity contribution >= 4 is 11.7 Å². The molecule has 0 aliphatic carbocycles. The van der Waals surface area contributed by atoms with Gasteiger partial charge in [0.1, 0.15) is 11.7 Å². The van der Waals surface area contributed by atoms with Gasteiger partial charge in [0, 0.05) is 5.56 Å². The third-order valence-corrected chi connectivity index (χ3v) is 3.01. The predicted octanol–water partition coefficient (Wildman–Crippen LogP) is 4.18. The minimum Gasteiger partial charge on any atom is -0.329 e. The van der Waals surface area contributed by atoms with Crippen LogP contribution in [0.5, 0.6) is 0 Å². The molecule has 21 heavy (non-hydrogen) atoms. The van der Waals surface area contributed by atoms with Crippen LogP contribution >= 0.6 is 0 Å². The maximum absolute atomic E-state index is 4.69. The van der Waals surface area contributed by atoms with Crippen molar-refractivity contribution in [1.29, 1.82) is 0 Å². The van der Waals surface area contributed by atoms with Crippen LogP contribution in [0.1, 0.15) is 38.1 Å². The normalized spacial score (nSPS) is 16.8. The predicted molar refractivity (Wildman–Crippen MR) is 89.8 cm³/mol. The van der Waals surface area contributed by atoms with Gasteiger partial charge in [-0.25, -0.2) is 9.98 Å². The van der Waals surface area contributed by atoms with Crippen LogP contribution in [0.3, 0.4) is 0 Å². The highest BCUT2D eigenvalue weighted by Gasteiger charge is 2.16. The van der Waals surface area contributed by atoms with Crippen LogP contribution in [0.25, 0.3) is 0 Å². The number of aliphatic imine (C=N–C) groups is 2. The number of amidine groups is 2. The van der Waals surface area contributed by atoms with Crippen molar-refractivity contribution in [2.45, 2.75) is 26.9 Å². The second kappa shape index (κ2) is 7.39. The summed E-state index contributed by atoms with van der Waals surface area (Å²) in [5.74, 6) is 1.77. The molecule has 1 N–H and O–H groups in total. The minimum absolute atomic E-state index is 0.155. The van der Waals surface area contributed by atoms with Crippen molar-refractivity contribution in [3.8, 4) is 0 Å². The molecule has 1 heterocycles. The zero-order chi connectivity index (χ0) is 15.1. The van der Waals surface area contributed by atoms with E-state index < -0.39 is 0 Å². The monoisotopic (exact) mass is 279 g/mol. The summed E-state index contributed by atoms with van der Waals surface area (Å²) >= 11 is 0. The van der Waals surface area contributed by atoms with Gasteiger partial charge in [0.2, 0.25) is 0 Å². The molecule has 108 valence electrons. The molecule has 0 radical (unpaired) electrons. The third-order valence-electron chi connectivity index (χ3n) is 3.01. The Morgan fingerprint density at radius 3 is 2.00 bits per heavy atom. The van der Waals surface area contributed by atoms with Gasteiger partial charge in [-0.2, -0.15) is 0 Å². The first kappa shape index (κ1) is 15.0. The van der Waals surface area contributed by atoms with Crippen LogP contribution in [0.4, 0.5) is 0 Å². The Morgan fingerprint density at radius 1 is 0.810 bits per heavy atom. The van der Waals surface area contributed by atoms with Crippen molar-refractivity contribution in [3.63, 3.8) is 0 Å². The molecular formula is C18H21N3. The van der Waals surface area contributed by atoms with Crippen molar-refractivity contribution < 1.29 is 0 Å². The van der Waals surface area contributed by atoms with E-state index in [4.69, 9.17) is 4.99 Å². The fraction of sp³-hybridized carbons (Fsp3) is 0.222. The van der Waals surface area contributed by atoms with Crippen LogP contribution in [-0.4, -0.2) is 11.7 Å². The minimum atomic E-state index is -0.155. The first-order valence-corrected chi connectivity index (χ1v) is 7.32. The number of hydrogen-bond donors (Lipinski definition) is 1. The zero-order valence-corrected chi connectivity index (χ0v) is 12.7. The number of hydrogen-bond acceptors (Lipinski definition) is 3. The largest absolute Gasteiger partial charge is 0.329 e. The molecule has 1 aliphatic rings. The summed E-state index contributed by atoms with van der Waals surface area (Å²) < 4.78 is 0. The Labute approximate surface area is 126 Å². The molecule has 1 unspecified atom stereocenters. The van der Waals surface area contributed by atoms with E-state index in [1.807, 2.05) is 69.3 Å². The summed E-state index contributed by atoms with van der Waals surface area (Å²) in [7, 11) is 0. The molecule has 0 saturated heterocycles. The molecule has 3 rings (SSSR count). The molecule has 3 heteroatoms. The lowest BCUT2D eigenvalue weighted by Crippen LogP contribution is -2.33. The first-order chi connectivity index (χ1) is 10.3. The summed E-state index contributed by atoms with van der Waals surface area (Å²) in [5, 5.41) is 3.23. The molecule has 0 spiro atoms. The zero-order valence-electron chi connectivity index (χ0n) is 12.7. The van der Waals surface area contributed by atoms with Gasteiger partial charge >= 0.3 is 0 Å². The second-order valence-electron chi connectivity index (χ2n) is 4.47. The maximum Gasteiger partial charge on any atom is 0.169 e. The maximum atomic E-state index is 4.69. The topological polar surface area (TPSA) is 36.8 Å². The molecule has 0 saturated carbocycles. The van der Waals surface area contributed by atoms with Gasteiger partial charge in [-0.15, -0.1) is 0 Å². The van der Waals surface area contributed by atoms with Gasteiger partial charge < -0.3 is 5.32 Å². The Bertz CT molecular complexity index is 615. The lowest BCUT2D eigenvalue weighted by molar-refractivity contribution is 0.754. The van der Waals surface area contributed by atoms with Gasteiger partial charge in [-0.1, -0.05) is 74.5 Å². The fourth-order valence-electron chi connectivity index (χ4n) is 2.09. The van der Waals surface area contributed by atoms with E-state index >= 15 is 0 Å². The van der Waals surface area contributed by atoms with Gasteiger partial charge in [-0.3, -0.25) is 0 Å². The summed E-state index contributed by atoms with van der Waals surface area (Å²) in [6.45, 7) is 5.97. The summed E-state index contributed by atoms with van der Waals surface area (Å²) in [6.07, 6.45) is -0.155. The van der Waals surface area contributed by atoms with Gasteiger partial charge in [0.15, 0.2) is 6.17 Å². The lowest BCUT2D eigenvalue weighted by Gasteiger charge is -2.20. The summed E-state index contributed by atoms with van der Waals surface area (Å²) in [4.78, 5) is 9.24. The third kappa shape index (κ3) is 3.78. The van der Waals surface area contributed by atoms with E-state index in [2.05, 4.69) is 22.4 Å². The molecule has 1 atom stereocenters. The number of nitrogens with zero attached hydrogens (tertiary/aromatic N) is 2. The SMILES string of the molecule is CC.CC1=NC(c2ccccc2)N=C(c2ccccc2)N1. The molecule has 0 bridgehead atoms. The van der Waals surface area contributed by atoms with Crippen molar-refractivity contribution in [2.24, 2.45) is 9.98 Å². The number of nitrogens with one attached hydrogen (secondary N) is 1. The summed E-state index contributed by atoms with van der Waals surface area (Å²) in [5.41, 5.74) is 2.19. The Kier molecular flexibility index (Phi) is 5.27. The van der Waals surface area contributed by atoms with E-state index in [9.17, 15) is 0 Å². The van der Waals surface area contributed by atoms with Crippen LogP contribution in [0.2, 0.25) is 0 Å². The molecule has 2 aromatic carbocycles. The van der Waals surface area contributed by atoms with Crippen molar-refractivity contribution in [2.75, 3.05) is 0 Å². The highest BCUT2D eigenvalue weighted by atomic mass is 15.2. The fourth-order valence-corrected chi connectivity index (χ4v) is 2.09. The molecule has 0 fully saturated rings. The van der Waals surface area contributed by atoms with E-state index in [0.29, 0.717) is 0 Å². The molecule has 1 aliphatic heterocycles. The Hall–Kier alpha value is -2.42. The van der Waals surface area contributed by atoms with Gasteiger partial charge in [0.05, 0.1) is 0 Å². The standard InChI is InChI=1S/C16H15N3.C2H6/c1-12-17-15(13-8-4-2-5-9-13)19-16(18-12)14-10-6-3-7-11-14;1-2/h2-11,15H,1H3,(H,17,18,19);1-2H3. The van der Waals surface area contributed by atoms with Crippen LogP contribution < -0.4 is 5.32 Å². The van der Waals surface area contributed by atoms with E-state index in [0.717, 1.165) is 22.8 Å². The molecule has 0 amide bonds. The summed E-state index contributed by atoms with van der Waals surface area (Å²) in [6, 6.07) is 20.3. The average molecular weight is 279 g/mol. The van der Waals surface area contributed by atoms with Crippen LogP contribution in [0.15, 0.2) is 70.6 Å². The van der Waals surface area contributed by atoms with E-state index in [1.165, 1.54) is 0 Å². The lowest BCUT2D eigenvalue weighted by atomic mass is 10.1. The second-order valence-corrected chi connectivity index (χ2v) is 4.47. The van der Waals surface area contributed by atoms with Gasteiger partial charge in [-0.05, 0) is 12.5 Å². The Balaban J connectivity index is 0.000000774. The highest BCUT2D eigenvalue weighted by Crippen LogP contribution is 2.22. The number of rotatable bonds is 2. The molecule has 0 aromatic heterocycles. The van der Waals surface area contributed by atoms with Gasteiger partial charge in [0.25, 0.3) is 0 Å². The molecular weight excluding hydrogens is 258 g/mol.